The maximum absolute atomic E-state index is 4.57. The standard InChI is InChI=1S/C12H12Br2N2Si/c1-17(2,11-7-3-5-9(13)15-11)12-8-4-6-10(14)16-12/h3-8H,1-2H3. The van der Waals surface area contributed by atoms with Crippen LogP contribution in [0.4, 0.5) is 0 Å². The van der Waals surface area contributed by atoms with Crippen molar-refractivity contribution in [2.45, 2.75) is 13.1 Å². The van der Waals surface area contributed by atoms with Crippen LogP contribution in [0.3, 0.4) is 0 Å². The van der Waals surface area contributed by atoms with E-state index in [1.54, 1.807) is 0 Å². The molecule has 2 heterocycles. The predicted octanol–water partition coefficient (Wildman–Crippen LogP) is 2.82. The van der Waals surface area contributed by atoms with Crippen LogP contribution in [0, 0.1) is 0 Å². The Morgan fingerprint density at radius 2 is 1.24 bits per heavy atom. The second kappa shape index (κ2) is 5.00. The number of rotatable bonds is 2. The van der Waals surface area contributed by atoms with E-state index in [1.165, 1.54) is 0 Å². The Balaban J connectivity index is 2.49. The summed E-state index contributed by atoms with van der Waals surface area (Å²) in [5.41, 5.74) is 0. The molecule has 88 valence electrons. The first-order valence-electron chi connectivity index (χ1n) is 5.26. The lowest BCUT2D eigenvalue weighted by Gasteiger charge is -2.21. The monoisotopic (exact) mass is 370 g/mol. The molecule has 0 aliphatic heterocycles. The lowest BCUT2D eigenvalue weighted by Crippen LogP contribution is -2.55. The van der Waals surface area contributed by atoms with Crippen LogP contribution in [0.2, 0.25) is 13.1 Å². The van der Waals surface area contributed by atoms with E-state index in [4.69, 9.17) is 0 Å². The molecule has 2 aromatic heterocycles. The van der Waals surface area contributed by atoms with Crippen molar-refractivity contribution in [3.63, 3.8) is 0 Å². The summed E-state index contributed by atoms with van der Waals surface area (Å²) in [6.07, 6.45) is 0. The van der Waals surface area contributed by atoms with Crippen molar-refractivity contribution >= 4 is 50.6 Å². The van der Waals surface area contributed by atoms with E-state index in [2.05, 4.69) is 67.1 Å². The summed E-state index contributed by atoms with van der Waals surface area (Å²) in [6, 6.07) is 12.1. The van der Waals surface area contributed by atoms with Gasteiger partial charge in [-0.1, -0.05) is 25.2 Å². The third kappa shape index (κ3) is 2.84. The van der Waals surface area contributed by atoms with E-state index < -0.39 is 8.07 Å². The first-order valence-corrected chi connectivity index (χ1v) is 9.85. The Hall–Kier alpha value is -0.523. The van der Waals surface area contributed by atoms with Crippen LogP contribution in [0.5, 0.6) is 0 Å². The fourth-order valence-electron chi connectivity index (χ4n) is 1.64. The Bertz CT molecular complexity index is 496. The average Bonchev–Trinajstić information content (AvgIpc) is 2.29. The number of hydrogen-bond acceptors (Lipinski definition) is 2. The van der Waals surface area contributed by atoms with Crippen LogP contribution in [0.25, 0.3) is 0 Å². The van der Waals surface area contributed by atoms with Gasteiger partial charge in [0.05, 0.1) is 0 Å². The van der Waals surface area contributed by atoms with Gasteiger partial charge in [0.1, 0.15) is 9.21 Å². The van der Waals surface area contributed by atoms with E-state index in [0.29, 0.717) is 0 Å². The molecule has 2 rings (SSSR count). The molecule has 0 bridgehead atoms. The number of nitrogens with zero attached hydrogens (tertiary/aromatic N) is 2. The molecule has 0 atom stereocenters. The zero-order valence-electron chi connectivity index (χ0n) is 9.61. The second-order valence-corrected chi connectivity index (χ2v) is 10.2. The summed E-state index contributed by atoms with van der Waals surface area (Å²) in [5, 5.41) is 2.27. The summed E-state index contributed by atoms with van der Waals surface area (Å²) < 4.78 is 1.76. The largest absolute Gasteiger partial charge is 0.250 e. The zero-order chi connectivity index (χ0) is 12.5. The SMILES string of the molecule is C[Si](C)(c1cccc(Br)n1)c1cccc(Br)n1. The van der Waals surface area contributed by atoms with Gasteiger partial charge in [-0.2, -0.15) is 0 Å². The fraction of sp³-hybridized carbons (Fsp3) is 0.167. The zero-order valence-corrected chi connectivity index (χ0v) is 13.8. The molecule has 0 saturated heterocycles. The topological polar surface area (TPSA) is 25.8 Å². The third-order valence-corrected chi connectivity index (χ3v) is 6.71. The van der Waals surface area contributed by atoms with Crippen molar-refractivity contribution < 1.29 is 0 Å². The predicted molar refractivity (Wildman–Crippen MR) is 80.6 cm³/mol. The Morgan fingerprint density at radius 1 is 0.824 bits per heavy atom. The highest BCUT2D eigenvalue weighted by Gasteiger charge is 2.29. The number of aromatic nitrogens is 2. The molecule has 0 aromatic carbocycles. The Labute approximate surface area is 119 Å². The Morgan fingerprint density at radius 3 is 1.59 bits per heavy atom. The number of halogens is 2. The minimum atomic E-state index is -1.80. The van der Waals surface area contributed by atoms with E-state index in [9.17, 15) is 0 Å². The van der Waals surface area contributed by atoms with Crippen LogP contribution >= 0.6 is 31.9 Å². The highest BCUT2D eigenvalue weighted by Crippen LogP contribution is 2.08. The van der Waals surface area contributed by atoms with Gasteiger partial charge < -0.3 is 0 Å². The molecule has 5 heteroatoms. The average molecular weight is 372 g/mol. The van der Waals surface area contributed by atoms with Gasteiger partial charge in [-0.15, -0.1) is 0 Å². The van der Waals surface area contributed by atoms with Gasteiger partial charge in [-0.25, -0.2) is 0 Å². The first kappa shape index (κ1) is 12.9. The lowest BCUT2D eigenvalue weighted by atomic mass is 10.5. The van der Waals surface area contributed by atoms with Gasteiger partial charge in [-0.05, 0) is 56.1 Å². The van der Waals surface area contributed by atoms with Crippen LogP contribution in [0.1, 0.15) is 0 Å². The first-order chi connectivity index (χ1) is 8.00. The van der Waals surface area contributed by atoms with Gasteiger partial charge in [0.25, 0.3) is 0 Å². The highest BCUT2D eigenvalue weighted by atomic mass is 79.9. The molecule has 0 radical (unpaired) electrons. The molecule has 0 spiro atoms. The Kier molecular flexibility index (Phi) is 3.80. The number of pyridine rings is 2. The van der Waals surface area contributed by atoms with Crippen LogP contribution in [-0.4, -0.2) is 18.0 Å². The maximum atomic E-state index is 4.57. The van der Waals surface area contributed by atoms with Gasteiger partial charge in [0, 0.05) is 10.6 Å². The third-order valence-electron chi connectivity index (χ3n) is 2.71. The maximum Gasteiger partial charge on any atom is 0.158 e. The molecule has 0 N–H and O–H groups in total. The summed E-state index contributed by atoms with van der Waals surface area (Å²) in [7, 11) is -1.80. The fourth-order valence-corrected chi connectivity index (χ4v) is 4.75. The smallest absolute Gasteiger partial charge is 0.158 e. The number of hydrogen-bond donors (Lipinski definition) is 0. The molecule has 0 aliphatic rings. The van der Waals surface area contributed by atoms with Gasteiger partial charge in [0.2, 0.25) is 0 Å². The quantitative estimate of drug-likeness (QED) is 0.599. The minimum absolute atomic E-state index is 0.880. The van der Waals surface area contributed by atoms with Gasteiger partial charge in [0.15, 0.2) is 8.07 Å². The van der Waals surface area contributed by atoms with Crippen LogP contribution in [0.15, 0.2) is 45.6 Å². The summed E-state index contributed by atoms with van der Waals surface area (Å²) >= 11 is 6.85. The molecule has 0 amide bonds. The molecule has 2 nitrogen and oxygen atoms in total. The molecule has 0 aliphatic carbocycles. The van der Waals surface area contributed by atoms with Crippen molar-refractivity contribution in [1.29, 1.82) is 0 Å². The molecule has 2 aromatic rings. The molecular weight excluding hydrogens is 360 g/mol. The van der Waals surface area contributed by atoms with Crippen LogP contribution in [-0.2, 0) is 0 Å². The van der Waals surface area contributed by atoms with E-state index in [0.717, 1.165) is 19.8 Å². The van der Waals surface area contributed by atoms with E-state index in [-0.39, 0.29) is 0 Å². The van der Waals surface area contributed by atoms with E-state index >= 15 is 0 Å². The van der Waals surface area contributed by atoms with Crippen molar-refractivity contribution in [3.05, 3.63) is 45.6 Å². The van der Waals surface area contributed by atoms with Crippen molar-refractivity contribution in [3.8, 4) is 0 Å². The van der Waals surface area contributed by atoms with Crippen molar-refractivity contribution in [2.24, 2.45) is 0 Å². The second-order valence-electron chi connectivity index (χ2n) is 4.32. The van der Waals surface area contributed by atoms with Crippen molar-refractivity contribution in [2.75, 3.05) is 0 Å². The van der Waals surface area contributed by atoms with Gasteiger partial charge in [-0.3, -0.25) is 9.97 Å². The van der Waals surface area contributed by atoms with Crippen molar-refractivity contribution in [1.82, 2.24) is 9.97 Å². The summed E-state index contributed by atoms with van der Waals surface area (Å²) in [4.78, 5) is 9.15. The summed E-state index contributed by atoms with van der Waals surface area (Å²) in [5.74, 6) is 0. The molecule has 17 heavy (non-hydrogen) atoms. The normalized spacial score (nSPS) is 11.5. The highest BCUT2D eigenvalue weighted by molar-refractivity contribution is 9.10. The summed E-state index contributed by atoms with van der Waals surface area (Å²) in [6.45, 7) is 4.52. The molecule has 0 saturated carbocycles. The van der Waals surface area contributed by atoms with E-state index in [1.807, 2.05) is 24.3 Å². The van der Waals surface area contributed by atoms with Crippen LogP contribution < -0.4 is 10.6 Å². The molecular formula is C12H12Br2N2Si. The molecule has 0 unspecified atom stereocenters. The van der Waals surface area contributed by atoms with Gasteiger partial charge >= 0.3 is 0 Å². The minimum Gasteiger partial charge on any atom is -0.250 e. The lowest BCUT2D eigenvalue weighted by molar-refractivity contribution is 1.28. The molecule has 0 fully saturated rings.